The van der Waals surface area contributed by atoms with Crippen molar-refractivity contribution >= 4 is 127 Å². The van der Waals surface area contributed by atoms with Crippen molar-refractivity contribution < 1.29 is 104 Å². The number of aromatic hydroxyl groups is 1. The zero-order valence-corrected chi connectivity index (χ0v) is 46.4. The first-order valence-electron chi connectivity index (χ1n) is 22.0. The Morgan fingerprint density at radius 3 is 1.73 bits per heavy atom. The second-order valence-corrected chi connectivity index (χ2v) is 23.4. The van der Waals surface area contributed by atoms with Crippen LogP contribution >= 0.6 is 24.1 Å². The summed E-state index contributed by atoms with van der Waals surface area (Å²) in [4.78, 5) is -1.08. The van der Waals surface area contributed by atoms with Crippen molar-refractivity contribution in [2.24, 2.45) is 40.9 Å². The Balaban J connectivity index is 1.17. The first-order valence-corrected chi connectivity index (χ1v) is 29.3. The van der Waals surface area contributed by atoms with E-state index in [-0.39, 0.29) is 106 Å². The number of ether oxygens (including phenoxy) is 3. The van der Waals surface area contributed by atoms with Gasteiger partial charge >= 0.3 is 20.8 Å². The Hall–Kier alpha value is -6.96. The first-order chi connectivity index (χ1) is 38.3. The Morgan fingerprint density at radius 1 is 0.593 bits per heavy atom. The van der Waals surface area contributed by atoms with Crippen LogP contribution in [0.15, 0.2) is 139 Å². The van der Waals surface area contributed by atoms with E-state index in [9.17, 15) is 43.3 Å². The fraction of sp³-hybridized carbons (Fsp3) is 0.209. The van der Waals surface area contributed by atoms with Crippen LogP contribution in [0.2, 0.25) is 0 Å². The number of methoxy groups -OCH3 is 3. The summed E-state index contributed by atoms with van der Waals surface area (Å²) < 4.78 is 157. The van der Waals surface area contributed by atoms with Crippen molar-refractivity contribution in [1.29, 1.82) is 0 Å². The second-order valence-electron chi connectivity index (χ2n) is 16.2. The number of nitrogens with zero attached hydrogens (tertiary/aromatic N) is 8. The molecule has 6 aromatic rings. The lowest BCUT2D eigenvalue weighted by molar-refractivity contribution is -0.432. The lowest BCUT2D eigenvalue weighted by Gasteiger charge is -2.12. The molecule has 0 heterocycles. The molecule has 432 valence electrons. The lowest BCUT2D eigenvalue weighted by atomic mass is 10.1. The smallest absolute Gasteiger partial charge is 0.397 e. The zero-order valence-electron chi connectivity index (χ0n) is 41.5. The number of sulfone groups is 1. The predicted molar refractivity (Wildman–Crippen MR) is 281 cm³/mol. The quantitative estimate of drug-likeness (QED) is 0.00662. The van der Waals surface area contributed by atoms with Crippen LogP contribution in [0, 0.1) is 6.92 Å². The van der Waals surface area contributed by atoms with Gasteiger partial charge in [0.1, 0.15) is 62.0 Å². The normalized spacial score (nSPS) is 15.2. The molecule has 0 aliphatic heterocycles. The van der Waals surface area contributed by atoms with E-state index in [1.165, 1.54) is 82.0 Å². The Labute approximate surface area is 466 Å². The van der Waals surface area contributed by atoms with Crippen LogP contribution in [0.5, 0.6) is 23.0 Å². The lowest BCUT2D eigenvalue weighted by Crippen LogP contribution is -2.15. The molecule has 0 saturated heterocycles. The van der Waals surface area contributed by atoms with Gasteiger partial charge in [0.2, 0.25) is 0 Å². The number of hydrogen-bond donors (Lipinski definition) is 7. The average molecular weight is 1240 g/mol. The van der Waals surface area contributed by atoms with Gasteiger partial charge in [-0.3, -0.25) is 13.7 Å². The molecule has 0 aromatic heterocycles. The van der Waals surface area contributed by atoms with Crippen molar-refractivity contribution in [3.05, 3.63) is 90.0 Å². The van der Waals surface area contributed by atoms with Gasteiger partial charge in [0.15, 0.2) is 15.6 Å². The van der Waals surface area contributed by atoms with E-state index in [4.69, 9.17) is 43.9 Å². The van der Waals surface area contributed by atoms with Gasteiger partial charge in [0.05, 0.1) is 89.9 Å². The highest BCUT2D eigenvalue weighted by Crippen LogP contribution is 2.50. The third-order valence-corrected chi connectivity index (χ3v) is 15.9. The number of hydrogen-bond acceptors (Lipinski definition) is 31. The van der Waals surface area contributed by atoms with Crippen molar-refractivity contribution in [2.45, 2.75) is 44.9 Å². The fourth-order valence-corrected chi connectivity index (χ4v) is 11.0. The number of phenols is 1. The van der Waals surface area contributed by atoms with Crippen LogP contribution in [0.4, 0.5) is 51.2 Å². The molecule has 38 heteroatoms. The number of anilines is 1. The van der Waals surface area contributed by atoms with Crippen LogP contribution < -0.4 is 19.9 Å². The number of azo groups is 4. The van der Waals surface area contributed by atoms with Gasteiger partial charge in [-0.05, 0) is 79.1 Å². The summed E-state index contributed by atoms with van der Waals surface area (Å²) in [5.41, 5.74) is 6.96. The van der Waals surface area contributed by atoms with Gasteiger partial charge in [-0.25, -0.2) is 27.3 Å². The topological polar surface area (TPSA) is 466 Å². The van der Waals surface area contributed by atoms with Gasteiger partial charge in [-0.1, -0.05) is 16.1 Å². The summed E-state index contributed by atoms with van der Waals surface area (Å²) in [6.07, 6.45) is -0.793. The molecule has 0 bridgehead atoms. The molecule has 32 nitrogen and oxygen atoms in total. The molecule has 8 N–H and O–H groups in total. The summed E-state index contributed by atoms with van der Waals surface area (Å²) in [5.74, 6) is -1.77. The van der Waals surface area contributed by atoms with Crippen molar-refractivity contribution in [2.75, 3.05) is 39.4 Å². The summed E-state index contributed by atoms with van der Waals surface area (Å²) >= 11 is 0.735. The summed E-state index contributed by atoms with van der Waals surface area (Å²) in [6, 6.07) is 17.0. The number of phenolic OH excluding ortho intramolecular Hbond substituents is 1. The maximum atomic E-state index is 12.9. The van der Waals surface area contributed by atoms with E-state index >= 15 is 0 Å². The van der Waals surface area contributed by atoms with Crippen LogP contribution in [0.1, 0.15) is 23.5 Å². The molecular weight excluding hydrogens is 1200 g/mol. The van der Waals surface area contributed by atoms with Crippen LogP contribution in [-0.4, -0.2) is 103 Å². The SMILES string of the molecule is COc1cc(N=Nc2c(N)ccc3c(O)c(N=Nc4cc(C)c(N=Nc5ccc(C6CC6OS(=O)(=O)O)cc5S(=O)(=O)O)cc4OC)c(SOOO)cc23)c(OC)cc1N=Nc1ccc(S(=O)(=O)CCOS(=O)(=O)O)cc1SOOO. The monoisotopic (exact) mass is 1240 g/mol. The van der Waals surface area contributed by atoms with Crippen LogP contribution in [-0.2, 0) is 67.9 Å². The Kier molecular flexibility index (Phi) is 19.7. The molecule has 1 fully saturated rings. The number of nitrogens with two attached hydrogens (primary N) is 1. The van der Waals surface area contributed by atoms with E-state index in [1.54, 1.807) is 6.92 Å². The van der Waals surface area contributed by atoms with Crippen molar-refractivity contribution in [3.63, 3.8) is 0 Å². The standard InChI is InChI=1S/C43H41N9O23S6/c1-21-13-31(35(67-2)18-30(21)47-46-29-9-5-22(14-40(29)79(58,59)60)25-16-34(25)71-81(64,65)66)49-52-42-39(77-75-73-55)17-26-24(43(42)53)7-8-27(44)41(26)51-50-33-20-36(68-3)32(19-37(33)69-4)48-45-28-10-6-23(15-38(28)76-74-72-54)78(56,57)12-11-70-80(61,62)63/h5-10,13-15,17-20,25,34,53-55H,11-12,16,44H2,1-4H3,(H,58,59,60)(H,61,62,63)(H,64,65,66). The summed E-state index contributed by atoms with van der Waals surface area (Å²) in [5, 5.41) is 71.2. The van der Waals surface area contributed by atoms with Gasteiger partial charge in [-0.2, -0.15) is 30.4 Å². The number of benzene rings is 6. The molecule has 2 unspecified atom stereocenters. The number of aryl methyl sites for hydroxylation is 1. The van der Waals surface area contributed by atoms with Crippen molar-refractivity contribution in [1.82, 2.24) is 0 Å². The molecule has 1 aliphatic rings. The molecule has 1 aliphatic carbocycles. The number of fused-ring (bicyclic) bond motifs is 1. The summed E-state index contributed by atoms with van der Waals surface area (Å²) in [7, 11) is -14.9. The van der Waals surface area contributed by atoms with E-state index in [2.05, 4.69) is 63.7 Å². The average Bonchev–Trinajstić information content (AvgIpc) is 4.31. The molecule has 81 heavy (non-hydrogen) atoms. The molecule has 6 aromatic carbocycles. The number of nitrogen functional groups attached to an aromatic ring is 1. The molecule has 0 radical (unpaired) electrons. The molecular formula is C43H41N9O23S6. The van der Waals surface area contributed by atoms with Crippen LogP contribution in [0.3, 0.4) is 0 Å². The van der Waals surface area contributed by atoms with Gasteiger partial charge < -0.3 is 25.1 Å². The highest BCUT2D eigenvalue weighted by molar-refractivity contribution is 7.95. The number of rotatable bonds is 26. The molecule has 1 saturated carbocycles. The summed E-state index contributed by atoms with van der Waals surface area (Å²) in [6.45, 7) is 0.701. The molecule has 0 spiro atoms. The minimum absolute atomic E-state index is 0.00175. The molecule has 0 amide bonds. The van der Waals surface area contributed by atoms with Crippen molar-refractivity contribution in [3.8, 4) is 23.0 Å². The second kappa shape index (κ2) is 25.9. The van der Waals surface area contributed by atoms with E-state index in [1.807, 2.05) is 0 Å². The van der Waals surface area contributed by atoms with Crippen LogP contribution in [0.25, 0.3) is 10.8 Å². The largest absolute Gasteiger partial charge is 0.505 e. The third kappa shape index (κ3) is 15.7. The predicted octanol–water partition coefficient (Wildman–Crippen LogP) is 10.5. The van der Waals surface area contributed by atoms with Gasteiger partial charge in [0.25, 0.3) is 10.1 Å². The highest BCUT2D eigenvalue weighted by Gasteiger charge is 2.43. The zero-order chi connectivity index (χ0) is 59.0. The third-order valence-electron chi connectivity index (χ3n) is 11.1. The van der Waals surface area contributed by atoms with Gasteiger partial charge in [0, 0.05) is 34.9 Å². The van der Waals surface area contributed by atoms with Gasteiger partial charge in [-0.15, -0.1) is 44.5 Å². The van der Waals surface area contributed by atoms with E-state index < -0.39 is 75.8 Å². The maximum Gasteiger partial charge on any atom is 0.397 e. The highest BCUT2D eigenvalue weighted by atomic mass is 32.3. The van der Waals surface area contributed by atoms with E-state index in [0.29, 0.717) is 29.6 Å². The minimum Gasteiger partial charge on any atom is -0.505 e. The molecule has 7 rings (SSSR count). The first kappa shape index (κ1) is 61.7. The Bertz CT molecular complexity index is 3990. The fourth-order valence-electron chi connectivity index (χ4n) is 7.29. The molecule has 2 atom stereocenters. The minimum atomic E-state index is -4.91. The Morgan fingerprint density at radius 2 is 1.14 bits per heavy atom. The van der Waals surface area contributed by atoms with E-state index in [0.717, 1.165) is 18.2 Å². The maximum absolute atomic E-state index is 12.9.